The van der Waals surface area contributed by atoms with Crippen LogP contribution in [-0.2, 0) is 6.54 Å². The van der Waals surface area contributed by atoms with Gasteiger partial charge in [-0.15, -0.1) is 0 Å². The first-order valence-electron chi connectivity index (χ1n) is 10.4. The molecular formula is C25H21Cl3N2O2. The molecule has 0 amide bonds. The van der Waals surface area contributed by atoms with Crippen LogP contribution in [0.3, 0.4) is 0 Å². The van der Waals surface area contributed by atoms with Crippen molar-refractivity contribution in [1.82, 2.24) is 9.55 Å². The smallest absolute Gasteiger partial charge is 0.261 e. The molecule has 0 radical (unpaired) electrons. The number of hydrogen-bond donors (Lipinski definition) is 0. The molecule has 0 unspecified atom stereocenters. The zero-order chi connectivity index (χ0) is 22.5. The summed E-state index contributed by atoms with van der Waals surface area (Å²) in [6, 6.07) is 20.1. The molecule has 7 heteroatoms. The first-order valence-corrected chi connectivity index (χ1v) is 11.5. The lowest BCUT2D eigenvalue weighted by Gasteiger charge is -2.14. The molecule has 0 fully saturated rings. The van der Waals surface area contributed by atoms with Crippen LogP contribution in [0, 0.1) is 0 Å². The van der Waals surface area contributed by atoms with Crippen LogP contribution in [0.1, 0.15) is 19.3 Å². The summed E-state index contributed by atoms with van der Waals surface area (Å²) in [6.07, 6.45) is 2.53. The summed E-state index contributed by atoms with van der Waals surface area (Å²) in [4.78, 5) is 18.0. The van der Waals surface area contributed by atoms with E-state index in [1.807, 2.05) is 36.4 Å². The lowest BCUT2D eigenvalue weighted by molar-refractivity contribution is 0.304. The van der Waals surface area contributed by atoms with Crippen LogP contribution < -0.4 is 10.3 Å². The van der Waals surface area contributed by atoms with Gasteiger partial charge in [-0.1, -0.05) is 53.0 Å². The van der Waals surface area contributed by atoms with Crippen molar-refractivity contribution in [2.45, 2.75) is 25.8 Å². The summed E-state index contributed by atoms with van der Waals surface area (Å²) in [5.74, 6) is 1.23. The number of fused-ring (bicyclic) bond motifs is 1. The molecule has 1 aromatic heterocycles. The fourth-order valence-corrected chi connectivity index (χ4v) is 3.99. The molecule has 164 valence electrons. The van der Waals surface area contributed by atoms with Crippen molar-refractivity contribution in [1.29, 1.82) is 0 Å². The molecule has 0 saturated carbocycles. The number of hydrogen-bond acceptors (Lipinski definition) is 3. The van der Waals surface area contributed by atoms with Gasteiger partial charge in [0.2, 0.25) is 0 Å². The lowest BCUT2D eigenvalue weighted by Crippen LogP contribution is -2.23. The Balaban J connectivity index is 1.46. The summed E-state index contributed by atoms with van der Waals surface area (Å²) in [6.45, 7) is 1.08. The number of rotatable bonds is 8. The third-order valence-electron chi connectivity index (χ3n) is 5.16. The number of benzene rings is 3. The van der Waals surface area contributed by atoms with Crippen LogP contribution >= 0.6 is 34.8 Å². The number of unbranched alkanes of at least 4 members (excludes halogenated alkanes) is 2. The number of halogens is 3. The Morgan fingerprint density at radius 2 is 1.62 bits per heavy atom. The average molecular weight is 488 g/mol. The quantitative estimate of drug-likeness (QED) is 0.245. The van der Waals surface area contributed by atoms with Gasteiger partial charge in [-0.3, -0.25) is 9.36 Å². The Morgan fingerprint density at radius 3 is 2.44 bits per heavy atom. The molecule has 4 nitrogen and oxygen atoms in total. The summed E-state index contributed by atoms with van der Waals surface area (Å²) in [5.41, 5.74) is 1.50. The number of nitrogens with zero attached hydrogens (tertiary/aromatic N) is 2. The van der Waals surface area contributed by atoms with Gasteiger partial charge < -0.3 is 4.74 Å². The zero-order valence-corrected chi connectivity index (χ0v) is 19.5. The van der Waals surface area contributed by atoms with E-state index in [-0.39, 0.29) is 5.56 Å². The van der Waals surface area contributed by atoms with Crippen LogP contribution in [0.5, 0.6) is 5.75 Å². The molecule has 3 aromatic carbocycles. The van der Waals surface area contributed by atoms with Gasteiger partial charge in [0.25, 0.3) is 5.56 Å². The van der Waals surface area contributed by atoms with Gasteiger partial charge in [-0.05, 0) is 67.8 Å². The molecule has 0 spiro atoms. The van der Waals surface area contributed by atoms with Crippen molar-refractivity contribution in [3.05, 3.63) is 92.2 Å². The van der Waals surface area contributed by atoms with Gasteiger partial charge in [-0.2, -0.15) is 0 Å². The van der Waals surface area contributed by atoms with E-state index in [0.717, 1.165) is 24.8 Å². The maximum absolute atomic E-state index is 13.2. The highest BCUT2D eigenvalue weighted by atomic mass is 35.5. The molecule has 0 bridgehead atoms. The molecule has 0 aliphatic heterocycles. The fraction of sp³-hybridized carbons (Fsp3) is 0.200. The van der Waals surface area contributed by atoms with E-state index in [1.54, 1.807) is 34.9 Å². The highest BCUT2D eigenvalue weighted by Gasteiger charge is 2.13. The van der Waals surface area contributed by atoms with Gasteiger partial charge in [0, 0.05) is 17.1 Å². The largest absolute Gasteiger partial charge is 0.492 e. The number of ether oxygens (including phenoxy) is 1. The molecule has 1 heterocycles. The van der Waals surface area contributed by atoms with E-state index in [2.05, 4.69) is 0 Å². The summed E-state index contributed by atoms with van der Waals surface area (Å²) in [7, 11) is 0. The van der Waals surface area contributed by atoms with Gasteiger partial charge in [0.05, 0.1) is 22.5 Å². The Kier molecular flexibility index (Phi) is 7.36. The molecular weight excluding hydrogens is 467 g/mol. The second kappa shape index (κ2) is 10.4. The molecule has 0 aliphatic rings. The monoisotopic (exact) mass is 486 g/mol. The highest BCUT2D eigenvalue weighted by molar-refractivity contribution is 6.42. The maximum Gasteiger partial charge on any atom is 0.261 e. The standard InChI is InChI=1S/C25H21Cl3N2O2/c26-18-13-11-17(12-14-18)24-29-21-9-3-2-7-19(21)25(31)30(24)15-4-1-5-16-32-22-10-6-8-20(27)23(22)28/h2-3,6-14H,1,4-5,15-16H2. The second-order valence-corrected chi connectivity index (χ2v) is 8.60. The first-order chi connectivity index (χ1) is 15.5. The van der Waals surface area contributed by atoms with Crippen LogP contribution in [0.4, 0.5) is 0 Å². The predicted octanol–water partition coefficient (Wildman–Crippen LogP) is 7.27. The molecule has 0 saturated heterocycles. The van der Waals surface area contributed by atoms with Gasteiger partial charge >= 0.3 is 0 Å². The zero-order valence-electron chi connectivity index (χ0n) is 17.2. The Hall–Kier alpha value is -2.53. The minimum atomic E-state index is -0.0393. The SMILES string of the molecule is O=c1c2ccccc2nc(-c2ccc(Cl)cc2)n1CCCCCOc1cccc(Cl)c1Cl. The summed E-state index contributed by atoms with van der Waals surface area (Å²) >= 11 is 18.2. The summed E-state index contributed by atoms with van der Waals surface area (Å²) in [5, 5.41) is 2.16. The van der Waals surface area contributed by atoms with Gasteiger partial charge in [0.15, 0.2) is 0 Å². The molecule has 4 rings (SSSR count). The van der Waals surface area contributed by atoms with E-state index < -0.39 is 0 Å². The maximum atomic E-state index is 13.2. The molecule has 32 heavy (non-hydrogen) atoms. The second-order valence-electron chi connectivity index (χ2n) is 7.38. The van der Waals surface area contributed by atoms with E-state index >= 15 is 0 Å². The lowest BCUT2D eigenvalue weighted by atomic mass is 10.1. The van der Waals surface area contributed by atoms with Crippen molar-refractivity contribution < 1.29 is 4.74 Å². The summed E-state index contributed by atoms with van der Waals surface area (Å²) < 4.78 is 7.50. The molecule has 0 atom stereocenters. The van der Waals surface area contributed by atoms with E-state index in [9.17, 15) is 4.79 Å². The van der Waals surface area contributed by atoms with Crippen molar-refractivity contribution in [2.24, 2.45) is 0 Å². The van der Waals surface area contributed by atoms with Crippen LogP contribution in [-0.4, -0.2) is 16.2 Å². The topological polar surface area (TPSA) is 44.1 Å². The van der Waals surface area contributed by atoms with Crippen LogP contribution in [0.15, 0.2) is 71.5 Å². The Labute approximate surface area is 201 Å². The minimum Gasteiger partial charge on any atom is -0.492 e. The van der Waals surface area contributed by atoms with Crippen molar-refractivity contribution in [3.8, 4) is 17.1 Å². The predicted molar refractivity (Wildman–Crippen MR) is 132 cm³/mol. The minimum absolute atomic E-state index is 0.0393. The van der Waals surface area contributed by atoms with Crippen LogP contribution in [0.25, 0.3) is 22.3 Å². The Bertz CT molecular complexity index is 1290. The van der Waals surface area contributed by atoms with Crippen molar-refractivity contribution in [3.63, 3.8) is 0 Å². The van der Waals surface area contributed by atoms with E-state index in [0.29, 0.717) is 50.7 Å². The fourth-order valence-electron chi connectivity index (χ4n) is 3.52. The average Bonchev–Trinajstić information content (AvgIpc) is 2.80. The first kappa shape index (κ1) is 22.7. The molecule has 0 aliphatic carbocycles. The Morgan fingerprint density at radius 1 is 0.844 bits per heavy atom. The van der Waals surface area contributed by atoms with Gasteiger partial charge in [-0.25, -0.2) is 4.98 Å². The van der Waals surface area contributed by atoms with Crippen molar-refractivity contribution >= 4 is 45.7 Å². The molecule has 0 N–H and O–H groups in total. The van der Waals surface area contributed by atoms with Gasteiger partial charge in [0.1, 0.15) is 16.6 Å². The number of para-hydroxylation sites is 1. The van der Waals surface area contributed by atoms with E-state index in [1.165, 1.54) is 0 Å². The van der Waals surface area contributed by atoms with E-state index in [4.69, 9.17) is 44.5 Å². The highest BCUT2D eigenvalue weighted by Crippen LogP contribution is 2.31. The van der Waals surface area contributed by atoms with Crippen LogP contribution in [0.2, 0.25) is 15.1 Å². The third kappa shape index (κ3) is 5.09. The third-order valence-corrected chi connectivity index (χ3v) is 6.22. The number of aromatic nitrogens is 2. The molecule has 4 aromatic rings. The normalized spacial score (nSPS) is 11.1. The van der Waals surface area contributed by atoms with Crippen molar-refractivity contribution in [2.75, 3.05) is 6.61 Å².